The summed E-state index contributed by atoms with van der Waals surface area (Å²) in [5, 5.41) is 15.2. The molecule has 1 amide bonds. The molecule has 3 rings (SSSR count). The lowest BCUT2D eigenvalue weighted by Crippen LogP contribution is -2.17. The van der Waals surface area contributed by atoms with E-state index in [1.807, 2.05) is 24.3 Å². The van der Waals surface area contributed by atoms with Crippen LogP contribution in [0, 0.1) is 10.1 Å². The minimum atomic E-state index is -0.526. The molecule has 0 aromatic heterocycles. The molecule has 0 spiro atoms. The number of hydrazone groups is 1. The van der Waals surface area contributed by atoms with Gasteiger partial charge in [0.2, 0.25) is 0 Å². The number of non-ortho nitro benzene ring substituents is 1. The Bertz CT molecular complexity index is 1030. The predicted molar refractivity (Wildman–Crippen MR) is 110 cm³/mol. The number of ether oxygens (including phenoxy) is 1. The summed E-state index contributed by atoms with van der Waals surface area (Å²) in [7, 11) is 0. The number of amides is 1. The van der Waals surface area contributed by atoms with Gasteiger partial charge >= 0.3 is 0 Å². The van der Waals surface area contributed by atoms with E-state index in [0.29, 0.717) is 17.4 Å². The van der Waals surface area contributed by atoms with Crippen LogP contribution in [-0.4, -0.2) is 17.0 Å². The summed E-state index contributed by atoms with van der Waals surface area (Å²) in [6.45, 7) is 0.360. The van der Waals surface area contributed by atoms with Crippen LogP contribution in [0.4, 0.5) is 5.69 Å². The molecule has 0 fully saturated rings. The Hall–Kier alpha value is -3.71. The highest BCUT2D eigenvalue weighted by molar-refractivity contribution is 6.31. The van der Waals surface area contributed by atoms with Crippen molar-refractivity contribution in [2.75, 3.05) is 0 Å². The van der Waals surface area contributed by atoms with Crippen LogP contribution in [0.15, 0.2) is 77.9 Å². The zero-order valence-corrected chi connectivity index (χ0v) is 15.9. The number of nitro groups is 1. The van der Waals surface area contributed by atoms with E-state index in [9.17, 15) is 14.9 Å². The number of nitrogens with zero attached hydrogens (tertiary/aromatic N) is 2. The molecule has 8 heteroatoms. The maximum absolute atomic E-state index is 12.0. The first-order valence-corrected chi connectivity index (χ1v) is 8.95. The molecule has 0 radical (unpaired) electrons. The van der Waals surface area contributed by atoms with E-state index in [0.717, 1.165) is 11.1 Å². The lowest BCUT2D eigenvalue weighted by atomic mass is 10.2. The molecule has 0 aliphatic heterocycles. The standard InChI is InChI=1S/C21H16ClN3O4/c22-20-4-2-1-3-17(20)14-29-19-11-5-15(6-12-19)13-23-24-21(26)16-7-9-18(10-8-16)25(27)28/h1-13H,14H2,(H,24,26)/b23-13-. The molecule has 3 aromatic carbocycles. The number of nitro benzene ring substituents is 1. The average Bonchev–Trinajstić information content (AvgIpc) is 2.74. The lowest BCUT2D eigenvalue weighted by molar-refractivity contribution is -0.384. The molecule has 0 aliphatic rings. The van der Waals surface area contributed by atoms with Gasteiger partial charge in [0, 0.05) is 28.3 Å². The van der Waals surface area contributed by atoms with Gasteiger partial charge < -0.3 is 4.74 Å². The first kappa shape index (κ1) is 20.0. The molecule has 3 aromatic rings. The fraction of sp³-hybridized carbons (Fsp3) is 0.0476. The molecule has 29 heavy (non-hydrogen) atoms. The third kappa shape index (κ3) is 5.63. The number of carbonyl (C=O) groups excluding carboxylic acids is 1. The van der Waals surface area contributed by atoms with Crippen molar-refractivity contribution in [3.8, 4) is 5.75 Å². The maximum atomic E-state index is 12.0. The summed E-state index contributed by atoms with van der Waals surface area (Å²) in [6.07, 6.45) is 1.49. The van der Waals surface area contributed by atoms with Gasteiger partial charge in [-0.3, -0.25) is 14.9 Å². The Kier molecular flexibility index (Phi) is 6.55. The number of halogens is 1. The van der Waals surface area contributed by atoms with E-state index in [2.05, 4.69) is 10.5 Å². The summed E-state index contributed by atoms with van der Waals surface area (Å²) in [6, 6.07) is 19.9. The van der Waals surface area contributed by atoms with Gasteiger partial charge in [-0.25, -0.2) is 5.43 Å². The zero-order valence-electron chi connectivity index (χ0n) is 15.1. The van der Waals surface area contributed by atoms with Crippen LogP contribution < -0.4 is 10.2 Å². The fourth-order valence-corrected chi connectivity index (χ4v) is 2.58. The van der Waals surface area contributed by atoms with E-state index in [4.69, 9.17) is 16.3 Å². The molecular formula is C21H16ClN3O4. The molecule has 0 bridgehead atoms. The highest BCUT2D eigenvalue weighted by atomic mass is 35.5. The van der Waals surface area contributed by atoms with Crippen molar-refractivity contribution in [1.29, 1.82) is 0 Å². The largest absolute Gasteiger partial charge is 0.489 e. The Labute approximate surface area is 171 Å². The van der Waals surface area contributed by atoms with Gasteiger partial charge in [-0.05, 0) is 48.0 Å². The number of benzene rings is 3. The Morgan fingerprint density at radius 1 is 1.07 bits per heavy atom. The normalized spacial score (nSPS) is 10.7. The second-order valence-electron chi connectivity index (χ2n) is 5.95. The second kappa shape index (κ2) is 9.48. The van der Waals surface area contributed by atoms with Crippen LogP contribution >= 0.6 is 11.6 Å². The van der Waals surface area contributed by atoms with E-state index < -0.39 is 10.8 Å². The molecule has 0 saturated heterocycles. The maximum Gasteiger partial charge on any atom is 0.271 e. The summed E-state index contributed by atoms with van der Waals surface area (Å²) < 4.78 is 5.71. The quantitative estimate of drug-likeness (QED) is 0.351. The highest BCUT2D eigenvalue weighted by Crippen LogP contribution is 2.18. The van der Waals surface area contributed by atoms with Crippen LogP contribution in [0.1, 0.15) is 21.5 Å². The molecule has 0 unspecified atom stereocenters. The van der Waals surface area contributed by atoms with Gasteiger partial charge in [-0.1, -0.05) is 29.8 Å². The summed E-state index contributed by atoms with van der Waals surface area (Å²) in [5.41, 5.74) is 4.23. The van der Waals surface area contributed by atoms with E-state index in [1.54, 1.807) is 24.3 Å². The Morgan fingerprint density at radius 2 is 1.76 bits per heavy atom. The number of nitrogens with one attached hydrogen (secondary N) is 1. The van der Waals surface area contributed by atoms with Crippen molar-refractivity contribution in [2.45, 2.75) is 6.61 Å². The highest BCUT2D eigenvalue weighted by Gasteiger charge is 2.08. The molecule has 0 saturated carbocycles. The van der Waals surface area contributed by atoms with Crippen molar-refractivity contribution >= 4 is 29.4 Å². The third-order valence-electron chi connectivity index (χ3n) is 3.95. The van der Waals surface area contributed by atoms with Crippen LogP contribution in [0.3, 0.4) is 0 Å². The Morgan fingerprint density at radius 3 is 2.41 bits per heavy atom. The fourth-order valence-electron chi connectivity index (χ4n) is 2.39. The lowest BCUT2D eigenvalue weighted by Gasteiger charge is -2.07. The van der Waals surface area contributed by atoms with Crippen molar-refractivity contribution in [2.24, 2.45) is 5.10 Å². The van der Waals surface area contributed by atoms with Gasteiger partial charge in [-0.2, -0.15) is 5.10 Å². The van der Waals surface area contributed by atoms with Gasteiger partial charge in [0.1, 0.15) is 12.4 Å². The minimum absolute atomic E-state index is 0.0816. The van der Waals surface area contributed by atoms with E-state index >= 15 is 0 Å². The first-order valence-electron chi connectivity index (χ1n) is 8.57. The summed E-state index contributed by atoms with van der Waals surface area (Å²) in [5.74, 6) is 0.216. The topological polar surface area (TPSA) is 93.8 Å². The van der Waals surface area contributed by atoms with Gasteiger partial charge in [0.25, 0.3) is 11.6 Å². The van der Waals surface area contributed by atoms with Gasteiger partial charge in [-0.15, -0.1) is 0 Å². The van der Waals surface area contributed by atoms with Crippen LogP contribution in [0.5, 0.6) is 5.75 Å². The smallest absolute Gasteiger partial charge is 0.271 e. The SMILES string of the molecule is O=C(N/N=C\c1ccc(OCc2ccccc2Cl)cc1)c1ccc([N+](=O)[O-])cc1. The van der Waals surface area contributed by atoms with Gasteiger partial charge in [0.05, 0.1) is 11.1 Å². The number of hydrogen-bond acceptors (Lipinski definition) is 5. The number of hydrogen-bond donors (Lipinski definition) is 1. The van der Waals surface area contributed by atoms with Crippen molar-refractivity contribution in [1.82, 2.24) is 5.43 Å². The van der Waals surface area contributed by atoms with Gasteiger partial charge in [0.15, 0.2) is 0 Å². The number of rotatable bonds is 7. The predicted octanol–water partition coefficient (Wildman–Crippen LogP) is 4.59. The van der Waals surface area contributed by atoms with E-state index in [-0.39, 0.29) is 11.3 Å². The van der Waals surface area contributed by atoms with E-state index in [1.165, 1.54) is 30.5 Å². The van der Waals surface area contributed by atoms with Crippen molar-refractivity contribution in [3.05, 3.63) is 105 Å². The molecule has 146 valence electrons. The second-order valence-corrected chi connectivity index (χ2v) is 6.36. The van der Waals surface area contributed by atoms with Crippen LogP contribution in [0.25, 0.3) is 0 Å². The summed E-state index contributed by atoms with van der Waals surface area (Å²) >= 11 is 6.10. The van der Waals surface area contributed by atoms with Crippen LogP contribution in [0.2, 0.25) is 5.02 Å². The van der Waals surface area contributed by atoms with Crippen molar-refractivity contribution in [3.63, 3.8) is 0 Å². The van der Waals surface area contributed by atoms with Crippen molar-refractivity contribution < 1.29 is 14.5 Å². The molecule has 0 atom stereocenters. The first-order chi connectivity index (χ1) is 14.0. The number of carbonyl (C=O) groups is 1. The zero-order chi connectivity index (χ0) is 20.6. The molecule has 0 heterocycles. The molecule has 0 aliphatic carbocycles. The van der Waals surface area contributed by atoms with Crippen LogP contribution in [-0.2, 0) is 6.61 Å². The minimum Gasteiger partial charge on any atom is -0.489 e. The molecule has 1 N–H and O–H groups in total. The third-order valence-corrected chi connectivity index (χ3v) is 4.32. The average molecular weight is 410 g/mol. The monoisotopic (exact) mass is 409 g/mol. The molecular weight excluding hydrogens is 394 g/mol. The Balaban J connectivity index is 1.52. The molecule has 7 nitrogen and oxygen atoms in total. The summed E-state index contributed by atoms with van der Waals surface area (Å²) in [4.78, 5) is 22.1.